The third-order valence-corrected chi connectivity index (χ3v) is 5.12. The molecular weight excluding hydrogens is 373 g/mol. The zero-order valence-corrected chi connectivity index (χ0v) is 15.4. The van der Waals surface area contributed by atoms with E-state index in [1.807, 2.05) is 0 Å². The number of hydrogen-bond acceptors (Lipinski definition) is 5. The minimum Gasteiger partial charge on any atom is -0.405 e. The lowest BCUT2D eigenvalue weighted by Crippen LogP contribution is -2.18. The zero-order valence-electron chi connectivity index (χ0n) is 15.4. The Kier molecular flexibility index (Phi) is 5.59. The van der Waals surface area contributed by atoms with E-state index in [1.165, 1.54) is 12.1 Å². The van der Waals surface area contributed by atoms with E-state index in [0.717, 1.165) is 56.5 Å². The summed E-state index contributed by atoms with van der Waals surface area (Å²) in [5.41, 5.74) is 1.36. The normalized spacial score (nSPS) is 20.8. The van der Waals surface area contributed by atoms with Gasteiger partial charge in [0.25, 0.3) is 0 Å². The standard InChI is InChI=1S/C20H23F3N2O3/c21-20(22,23)27-17-6-2-1-5-15(17)18-16(19(28-25-18)13-7-8-13)12-26-14-4-3-10-24-11-9-14/h1-2,5-6,13-14,24H,3-4,7-12H2. The Morgan fingerprint density at radius 3 is 2.71 bits per heavy atom. The van der Waals surface area contributed by atoms with Gasteiger partial charge in [-0.1, -0.05) is 17.3 Å². The molecule has 1 aliphatic heterocycles. The Labute approximate surface area is 161 Å². The first-order valence-corrected chi connectivity index (χ1v) is 9.67. The minimum absolute atomic E-state index is 0.117. The number of nitrogens with zero attached hydrogens (tertiary/aromatic N) is 1. The summed E-state index contributed by atoms with van der Waals surface area (Å²) in [6.07, 6.45) is 0.243. The second-order valence-corrected chi connectivity index (χ2v) is 7.31. The van der Waals surface area contributed by atoms with Crippen molar-refractivity contribution in [2.45, 2.75) is 57.1 Å². The molecule has 1 saturated carbocycles. The first-order valence-electron chi connectivity index (χ1n) is 9.67. The number of aromatic nitrogens is 1. The molecule has 8 heteroatoms. The van der Waals surface area contributed by atoms with Crippen molar-refractivity contribution in [3.8, 4) is 17.0 Å². The predicted molar refractivity (Wildman–Crippen MR) is 95.9 cm³/mol. The average molecular weight is 396 g/mol. The molecule has 1 aromatic heterocycles. The van der Waals surface area contributed by atoms with E-state index in [1.54, 1.807) is 12.1 Å². The summed E-state index contributed by atoms with van der Waals surface area (Å²) in [5, 5.41) is 7.45. The lowest BCUT2D eigenvalue weighted by atomic mass is 10.0. The van der Waals surface area contributed by atoms with Crippen molar-refractivity contribution in [1.82, 2.24) is 10.5 Å². The van der Waals surface area contributed by atoms with E-state index in [0.29, 0.717) is 5.69 Å². The highest BCUT2D eigenvalue weighted by molar-refractivity contribution is 5.70. The molecule has 2 aliphatic rings. The number of alkyl halides is 3. The fourth-order valence-electron chi connectivity index (χ4n) is 3.57. The van der Waals surface area contributed by atoms with Crippen molar-refractivity contribution < 1.29 is 27.2 Å². The number of hydrogen-bond donors (Lipinski definition) is 1. The van der Waals surface area contributed by atoms with Gasteiger partial charge in [0.15, 0.2) is 0 Å². The summed E-state index contributed by atoms with van der Waals surface area (Å²) in [6.45, 7) is 2.16. The molecule has 2 aromatic rings. The Morgan fingerprint density at radius 1 is 1.11 bits per heavy atom. The molecule has 1 N–H and O–H groups in total. The lowest BCUT2D eigenvalue weighted by Gasteiger charge is -2.16. The molecule has 1 atom stereocenters. The van der Waals surface area contributed by atoms with Crippen LogP contribution in [-0.2, 0) is 11.3 Å². The maximum atomic E-state index is 12.8. The van der Waals surface area contributed by atoms with Crippen molar-refractivity contribution in [2.24, 2.45) is 0 Å². The highest BCUT2D eigenvalue weighted by Gasteiger charge is 2.35. The van der Waals surface area contributed by atoms with Crippen LogP contribution in [0.4, 0.5) is 13.2 Å². The van der Waals surface area contributed by atoms with Gasteiger partial charge in [0.05, 0.1) is 12.7 Å². The van der Waals surface area contributed by atoms with Crippen LogP contribution >= 0.6 is 0 Å². The Hall–Kier alpha value is -2.06. The quantitative estimate of drug-likeness (QED) is 0.762. The number of benzene rings is 1. The fourth-order valence-corrected chi connectivity index (χ4v) is 3.57. The van der Waals surface area contributed by atoms with Gasteiger partial charge < -0.3 is 19.3 Å². The molecule has 0 spiro atoms. The second kappa shape index (κ2) is 8.13. The molecule has 0 bridgehead atoms. The summed E-state index contributed by atoms with van der Waals surface area (Å²) in [6, 6.07) is 6.01. The Bertz CT molecular complexity index is 794. The van der Waals surface area contributed by atoms with Gasteiger partial charge in [0.1, 0.15) is 17.2 Å². The van der Waals surface area contributed by atoms with Crippen LogP contribution in [0, 0.1) is 0 Å². The monoisotopic (exact) mass is 396 g/mol. The summed E-state index contributed by atoms with van der Waals surface area (Å²) in [4.78, 5) is 0. The van der Waals surface area contributed by atoms with Gasteiger partial charge in [-0.3, -0.25) is 0 Å². The summed E-state index contributed by atoms with van der Waals surface area (Å²) in [5.74, 6) is 0.709. The first-order chi connectivity index (χ1) is 13.5. The van der Waals surface area contributed by atoms with Crippen LogP contribution in [0.25, 0.3) is 11.3 Å². The smallest absolute Gasteiger partial charge is 0.405 e. The van der Waals surface area contributed by atoms with Crippen molar-refractivity contribution >= 4 is 0 Å². The highest BCUT2D eigenvalue weighted by atomic mass is 19.4. The molecule has 1 unspecified atom stereocenters. The van der Waals surface area contributed by atoms with Gasteiger partial charge in [-0.25, -0.2) is 0 Å². The van der Waals surface area contributed by atoms with Gasteiger partial charge in [0.2, 0.25) is 0 Å². The van der Waals surface area contributed by atoms with Crippen LogP contribution in [0.2, 0.25) is 0 Å². The van der Waals surface area contributed by atoms with Gasteiger partial charge in [0, 0.05) is 17.0 Å². The number of para-hydroxylation sites is 1. The Balaban J connectivity index is 1.61. The number of ether oxygens (including phenoxy) is 2. The maximum absolute atomic E-state index is 12.8. The van der Waals surface area contributed by atoms with E-state index < -0.39 is 6.36 Å². The van der Waals surface area contributed by atoms with E-state index in [4.69, 9.17) is 9.26 Å². The van der Waals surface area contributed by atoms with Crippen molar-refractivity contribution in [2.75, 3.05) is 13.1 Å². The van der Waals surface area contributed by atoms with Crippen molar-refractivity contribution in [3.63, 3.8) is 0 Å². The van der Waals surface area contributed by atoms with E-state index >= 15 is 0 Å². The fraction of sp³-hybridized carbons (Fsp3) is 0.550. The topological polar surface area (TPSA) is 56.5 Å². The number of rotatable bonds is 6. The molecule has 5 nitrogen and oxygen atoms in total. The van der Waals surface area contributed by atoms with E-state index in [9.17, 15) is 13.2 Å². The van der Waals surface area contributed by atoms with Gasteiger partial charge >= 0.3 is 6.36 Å². The SMILES string of the molecule is FC(F)(F)Oc1ccccc1-c1noc(C2CC2)c1COC1CCCNCC1. The van der Waals surface area contributed by atoms with Crippen molar-refractivity contribution in [3.05, 3.63) is 35.6 Å². The molecule has 152 valence electrons. The molecule has 1 aromatic carbocycles. The summed E-state index contributed by atoms with van der Waals surface area (Å²) >= 11 is 0. The zero-order chi connectivity index (χ0) is 19.6. The Morgan fingerprint density at radius 2 is 1.93 bits per heavy atom. The van der Waals surface area contributed by atoms with Gasteiger partial charge in [-0.15, -0.1) is 13.2 Å². The van der Waals surface area contributed by atoms with Crippen LogP contribution in [0.15, 0.2) is 28.8 Å². The lowest BCUT2D eigenvalue weighted by molar-refractivity contribution is -0.274. The summed E-state index contributed by atoms with van der Waals surface area (Å²) in [7, 11) is 0. The number of nitrogens with one attached hydrogen (secondary N) is 1. The van der Waals surface area contributed by atoms with Crippen LogP contribution in [0.5, 0.6) is 5.75 Å². The molecule has 2 heterocycles. The molecule has 4 rings (SSSR count). The first kappa shape index (κ1) is 19.3. The van der Waals surface area contributed by atoms with Gasteiger partial charge in [-0.05, 0) is 57.3 Å². The van der Waals surface area contributed by atoms with Crippen molar-refractivity contribution in [1.29, 1.82) is 0 Å². The largest absolute Gasteiger partial charge is 0.573 e. The van der Waals surface area contributed by atoms with Crippen LogP contribution in [0.1, 0.15) is 49.3 Å². The maximum Gasteiger partial charge on any atom is 0.573 e. The average Bonchev–Trinajstić information content (AvgIpc) is 3.45. The minimum atomic E-state index is -4.77. The highest BCUT2D eigenvalue weighted by Crippen LogP contribution is 2.45. The van der Waals surface area contributed by atoms with Crippen LogP contribution in [-0.4, -0.2) is 30.7 Å². The van der Waals surface area contributed by atoms with E-state index in [-0.39, 0.29) is 29.9 Å². The van der Waals surface area contributed by atoms with Crippen LogP contribution < -0.4 is 10.1 Å². The summed E-state index contributed by atoms with van der Waals surface area (Å²) < 4.78 is 54.3. The molecule has 2 fully saturated rings. The molecular formula is C20H23F3N2O3. The predicted octanol–water partition coefficient (Wildman–Crippen LogP) is 4.78. The molecule has 28 heavy (non-hydrogen) atoms. The molecule has 1 aliphatic carbocycles. The van der Waals surface area contributed by atoms with Crippen LogP contribution in [0.3, 0.4) is 0 Å². The van der Waals surface area contributed by atoms with Gasteiger partial charge in [-0.2, -0.15) is 0 Å². The third kappa shape index (κ3) is 4.67. The molecule has 0 amide bonds. The third-order valence-electron chi connectivity index (χ3n) is 5.12. The number of halogens is 3. The molecule has 1 saturated heterocycles. The second-order valence-electron chi connectivity index (χ2n) is 7.31. The van der Waals surface area contributed by atoms with E-state index in [2.05, 4.69) is 15.2 Å². The molecule has 0 radical (unpaired) electrons.